The van der Waals surface area contributed by atoms with Crippen molar-refractivity contribution in [1.82, 2.24) is 9.97 Å². The van der Waals surface area contributed by atoms with E-state index in [-0.39, 0.29) is 22.7 Å². The maximum absolute atomic E-state index is 9.47. The van der Waals surface area contributed by atoms with Gasteiger partial charge in [0.1, 0.15) is 28.9 Å². The Morgan fingerprint density at radius 2 is 1.74 bits per heavy atom. The Morgan fingerprint density at radius 1 is 1.00 bits per heavy atom. The Hall–Kier alpha value is -3.59. The number of hydrogen-bond acceptors (Lipinski definition) is 6. The second-order valence-corrected chi connectivity index (χ2v) is 7.18. The Morgan fingerprint density at radius 3 is 2.44 bits per heavy atom. The molecule has 0 fully saturated rings. The third-order valence-electron chi connectivity index (χ3n) is 4.14. The van der Waals surface area contributed by atoms with E-state index in [0.717, 1.165) is 5.56 Å². The molecule has 0 aliphatic heterocycles. The highest BCUT2D eigenvalue weighted by Crippen LogP contribution is 2.36. The number of rotatable bonds is 3. The highest BCUT2D eigenvalue weighted by molar-refractivity contribution is 5.77. The molecule has 0 spiro atoms. The van der Waals surface area contributed by atoms with Gasteiger partial charge in [0.25, 0.3) is 0 Å². The number of para-hydroxylation sites is 1. The van der Waals surface area contributed by atoms with E-state index in [0.29, 0.717) is 22.8 Å². The van der Waals surface area contributed by atoms with Gasteiger partial charge in [0.05, 0.1) is 5.69 Å². The zero-order chi connectivity index (χ0) is 19.6. The topological polar surface area (TPSA) is 111 Å². The molecular formula is C21H21N5O. The first kappa shape index (κ1) is 18.2. The van der Waals surface area contributed by atoms with Crippen LogP contribution in [0.3, 0.4) is 0 Å². The molecule has 0 radical (unpaired) electrons. The minimum atomic E-state index is 0.00240. The van der Waals surface area contributed by atoms with Crippen LogP contribution < -0.4 is 16.2 Å². The predicted octanol–water partition coefficient (Wildman–Crippen LogP) is 4.27. The third-order valence-corrected chi connectivity index (χ3v) is 4.14. The summed E-state index contributed by atoms with van der Waals surface area (Å²) in [5, 5.41) is 9.47. The second kappa shape index (κ2) is 6.96. The molecule has 6 nitrogen and oxygen atoms in total. The van der Waals surface area contributed by atoms with E-state index in [4.69, 9.17) is 16.2 Å². The number of aromatic nitrogens is 2. The molecule has 4 N–H and O–H groups in total. The van der Waals surface area contributed by atoms with E-state index in [1.54, 1.807) is 0 Å². The number of nitrogen functional groups attached to an aromatic ring is 2. The van der Waals surface area contributed by atoms with Crippen molar-refractivity contribution in [2.45, 2.75) is 26.2 Å². The highest BCUT2D eigenvalue weighted by Gasteiger charge is 2.18. The molecule has 1 heterocycles. The maximum Gasteiger partial charge on any atom is 0.222 e. The van der Waals surface area contributed by atoms with Gasteiger partial charge in [-0.15, -0.1) is 0 Å². The molecule has 0 saturated carbocycles. The van der Waals surface area contributed by atoms with Crippen LogP contribution in [-0.4, -0.2) is 9.97 Å². The van der Waals surface area contributed by atoms with Crippen molar-refractivity contribution < 1.29 is 4.74 Å². The van der Waals surface area contributed by atoms with Crippen molar-refractivity contribution in [1.29, 1.82) is 5.26 Å². The quantitative estimate of drug-likeness (QED) is 0.722. The first-order chi connectivity index (χ1) is 12.8. The number of nitrogens with two attached hydrogens (primary N) is 2. The molecule has 1 aromatic heterocycles. The molecule has 0 bridgehead atoms. The largest absolute Gasteiger partial charge is 0.457 e. The van der Waals surface area contributed by atoms with Gasteiger partial charge in [-0.05, 0) is 35.2 Å². The van der Waals surface area contributed by atoms with Gasteiger partial charge in [0.15, 0.2) is 0 Å². The fraction of sp³-hybridized carbons (Fsp3) is 0.190. The lowest BCUT2D eigenvalue weighted by Gasteiger charge is -2.20. The monoisotopic (exact) mass is 359 g/mol. The van der Waals surface area contributed by atoms with Gasteiger partial charge in [-0.1, -0.05) is 45.0 Å². The normalized spacial score (nSPS) is 11.0. The lowest BCUT2D eigenvalue weighted by atomic mass is 9.87. The fourth-order valence-corrected chi connectivity index (χ4v) is 2.71. The van der Waals surface area contributed by atoms with Crippen molar-refractivity contribution in [2.24, 2.45) is 0 Å². The van der Waals surface area contributed by atoms with Crippen LogP contribution in [0.15, 0.2) is 48.5 Å². The van der Waals surface area contributed by atoms with Gasteiger partial charge in [-0.3, -0.25) is 0 Å². The van der Waals surface area contributed by atoms with Gasteiger partial charge >= 0.3 is 0 Å². The molecule has 0 aliphatic rings. The summed E-state index contributed by atoms with van der Waals surface area (Å²) in [6.45, 7) is 6.43. The van der Waals surface area contributed by atoms with Crippen LogP contribution in [0.5, 0.6) is 11.5 Å². The minimum absolute atomic E-state index is 0.00240. The summed E-state index contributed by atoms with van der Waals surface area (Å²) in [6.07, 6.45) is 0. The summed E-state index contributed by atoms with van der Waals surface area (Å²) in [7, 11) is 0. The van der Waals surface area contributed by atoms with Crippen molar-refractivity contribution in [3.8, 4) is 28.8 Å². The van der Waals surface area contributed by atoms with Gasteiger partial charge in [-0.25, -0.2) is 4.98 Å². The van der Waals surface area contributed by atoms with Crippen LogP contribution in [0, 0.1) is 11.3 Å². The SMILES string of the molecule is CC(C)(C)c1cccc(Oc2ccccc2-c2nc(N)nc(N)c2C#N)c1. The number of hydrogen-bond donors (Lipinski definition) is 2. The minimum Gasteiger partial charge on any atom is -0.457 e. The third kappa shape index (κ3) is 3.82. The molecule has 3 rings (SSSR count). The van der Waals surface area contributed by atoms with E-state index in [2.05, 4.69) is 36.8 Å². The number of ether oxygens (including phenoxy) is 1. The Balaban J connectivity index is 2.08. The predicted molar refractivity (Wildman–Crippen MR) is 106 cm³/mol. The standard InChI is InChI=1S/C21H21N5O/c1-21(2,3)13-7-6-8-14(11-13)27-17-10-5-4-9-15(17)18-16(12-22)19(23)26-20(24)25-18/h4-11H,1-3H3,(H4,23,24,25,26). The zero-order valence-corrected chi connectivity index (χ0v) is 15.5. The fourth-order valence-electron chi connectivity index (χ4n) is 2.71. The van der Waals surface area contributed by atoms with Crippen molar-refractivity contribution in [2.75, 3.05) is 11.5 Å². The van der Waals surface area contributed by atoms with Crippen molar-refractivity contribution in [3.63, 3.8) is 0 Å². The van der Waals surface area contributed by atoms with E-state index in [9.17, 15) is 5.26 Å². The number of anilines is 2. The van der Waals surface area contributed by atoms with Gasteiger partial charge in [0.2, 0.25) is 5.95 Å². The van der Waals surface area contributed by atoms with Crippen LogP contribution in [-0.2, 0) is 5.41 Å². The maximum atomic E-state index is 9.47. The number of benzene rings is 2. The van der Waals surface area contributed by atoms with E-state index < -0.39 is 0 Å². The number of nitrogens with zero attached hydrogens (tertiary/aromatic N) is 3. The van der Waals surface area contributed by atoms with Gasteiger partial charge in [-0.2, -0.15) is 10.2 Å². The molecule has 0 aliphatic carbocycles. The average molecular weight is 359 g/mol. The Kier molecular flexibility index (Phi) is 4.70. The summed E-state index contributed by atoms with van der Waals surface area (Å²) in [5.74, 6) is 1.30. The van der Waals surface area contributed by atoms with E-state index in [1.165, 1.54) is 0 Å². The van der Waals surface area contributed by atoms with Crippen LogP contribution >= 0.6 is 0 Å². The first-order valence-electron chi connectivity index (χ1n) is 8.50. The lowest BCUT2D eigenvalue weighted by Crippen LogP contribution is -2.10. The lowest BCUT2D eigenvalue weighted by molar-refractivity contribution is 0.480. The molecule has 136 valence electrons. The molecule has 0 atom stereocenters. The molecule has 6 heteroatoms. The molecule has 0 amide bonds. The zero-order valence-electron chi connectivity index (χ0n) is 15.5. The van der Waals surface area contributed by atoms with Crippen LogP contribution in [0.4, 0.5) is 11.8 Å². The van der Waals surface area contributed by atoms with Crippen LogP contribution in [0.2, 0.25) is 0 Å². The van der Waals surface area contributed by atoms with Crippen molar-refractivity contribution in [3.05, 3.63) is 59.7 Å². The van der Waals surface area contributed by atoms with Gasteiger partial charge in [0, 0.05) is 5.56 Å². The summed E-state index contributed by atoms with van der Waals surface area (Å²) in [5.41, 5.74) is 13.9. The second-order valence-electron chi connectivity index (χ2n) is 7.18. The summed E-state index contributed by atoms with van der Waals surface area (Å²) in [4.78, 5) is 8.08. The summed E-state index contributed by atoms with van der Waals surface area (Å²) in [6, 6.07) is 17.3. The first-order valence-corrected chi connectivity index (χ1v) is 8.50. The van der Waals surface area contributed by atoms with E-state index >= 15 is 0 Å². The molecular weight excluding hydrogens is 338 g/mol. The smallest absolute Gasteiger partial charge is 0.222 e. The Bertz CT molecular complexity index is 1030. The summed E-state index contributed by atoms with van der Waals surface area (Å²) >= 11 is 0. The molecule has 27 heavy (non-hydrogen) atoms. The highest BCUT2D eigenvalue weighted by atomic mass is 16.5. The average Bonchev–Trinajstić information content (AvgIpc) is 2.61. The number of nitriles is 1. The van der Waals surface area contributed by atoms with E-state index in [1.807, 2.05) is 48.5 Å². The molecule has 2 aromatic carbocycles. The molecule has 0 saturated heterocycles. The van der Waals surface area contributed by atoms with Gasteiger partial charge < -0.3 is 16.2 Å². The Labute approximate surface area is 158 Å². The van der Waals surface area contributed by atoms with Crippen LogP contribution in [0.1, 0.15) is 31.9 Å². The van der Waals surface area contributed by atoms with Crippen LogP contribution in [0.25, 0.3) is 11.3 Å². The summed E-state index contributed by atoms with van der Waals surface area (Å²) < 4.78 is 6.13. The molecule has 3 aromatic rings. The van der Waals surface area contributed by atoms with Crippen molar-refractivity contribution >= 4 is 11.8 Å². The molecule has 0 unspecified atom stereocenters.